The molecule has 2 aromatic carbocycles. The molecule has 0 fully saturated rings. The Labute approximate surface area is 128 Å². The van der Waals surface area contributed by atoms with Crippen LogP contribution in [-0.4, -0.2) is 22.5 Å². The zero-order valence-electron chi connectivity index (χ0n) is 11.6. The Hall–Kier alpha value is -1.92. The predicted octanol–water partition coefficient (Wildman–Crippen LogP) is 4.10. The Kier molecular flexibility index (Phi) is 4.59. The van der Waals surface area contributed by atoms with Gasteiger partial charge in [-0.3, -0.25) is 0 Å². The molecule has 0 saturated heterocycles. The lowest BCUT2D eigenvalue weighted by Gasteiger charge is -2.11. The Bertz CT molecular complexity index is 739. The van der Waals surface area contributed by atoms with E-state index in [-0.39, 0.29) is 4.90 Å². The van der Waals surface area contributed by atoms with Gasteiger partial charge >= 0.3 is 0 Å². The molecular weight excluding hydrogens is 310 g/mol. The maximum atomic E-state index is 11.1. The molecule has 5 nitrogen and oxygen atoms in total. The van der Waals surface area contributed by atoms with Crippen molar-refractivity contribution in [3.8, 4) is 0 Å². The van der Waals surface area contributed by atoms with Crippen molar-refractivity contribution in [1.82, 2.24) is 0 Å². The van der Waals surface area contributed by atoms with Crippen LogP contribution in [0.25, 0.3) is 0 Å². The molecule has 0 amide bonds. The lowest BCUT2D eigenvalue weighted by atomic mass is 10.3. The van der Waals surface area contributed by atoms with Gasteiger partial charge in [0, 0.05) is 30.5 Å². The average Bonchev–Trinajstić information content (AvgIpc) is 2.45. The first kappa shape index (κ1) is 15.5. The van der Waals surface area contributed by atoms with Crippen LogP contribution in [0.2, 0.25) is 0 Å². The van der Waals surface area contributed by atoms with E-state index in [1.54, 1.807) is 12.1 Å². The molecule has 21 heavy (non-hydrogen) atoms. The molecule has 0 atom stereocenters. The van der Waals surface area contributed by atoms with Gasteiger partial charge in [-0.05, 0) is 48.5 Å². The van der Waals surface area contributed by atoms with Crippen molar-refractivity contribution in [2.45, 2.75) is 4.90 Å². The molecule has 0 spiro atoms. The van der Waals surface area contributed by atoms with Crippen molar-refractivity contribution in [1.29, 1.82) is 0 Å². The summed E-state index contributed by atoms with van der Waals surface area (Å²) in [7, 11) is 5.46. The number of nitrogens with zero attached hydrogens (tertiary/aromatic N) is 3. The molecule has 0 aliphatic rings. The lowest BCUT2D eigenvalue weighted by molar-refractivity contribution is 0.609. The van der Waals surface area contributed by atoms with Gasteiger partial charge in [0.2, 0.25) is 0 Å². The van der Waals surface area contributed by atoms with Crippen LogP contribution in [0.5, 0.6) is 0 Å². The molecule has 0 saturated carbocycles. The minimum atomic E-state index is -3.70. The van der Waals surface area contributed by atoms with Crippen LogP contribution in [-0.2, 0) is 9.05 Å². The van der Waals surface area contributed by atoms with Gasteiger partial charge in [-0.2, -0.15) is 10.2 Å². The summed E-state index contributed by atoms with van der Waals surface area (Å²) < 4.78 is 22.2. The molecule has 0 heterocycles. The first-order chi connectivity index (χ1) is 9.86. The Morgan fingerprint density at radius 3 is 1.67 bits per heavy atom. The summed E-state index contributed by atoms with van der Waals surface area (Å²) >= 11 is 0. The van der Waals surface area contributed by atoms with Crippen LogP contribution in [0.15, 0.2) is 63.7 Å². The summed E-state index contributed by atoms with van der Waals surface area (Å²) in [5.74, 6) is 0. The van der Waals surface area contributed by atoms with Gasteiger partial charge in [0.15, 0.2) is 0 Å². The fourth-order valence-electron chi connectivity index (χ4n) is 1.61. The summed E-state index contributed by atoms with van der Waals surface area (Å²) in [5.41, 5.74) is 2.34. The fourth-order valence-corrected chi connectivity index (χ4v) is 2.38. The van der Waals surface area contributed by atoms with E-state index in [4.69, 9.17) is 10.7 Å². The highest BCUT2D eigenvalue weighted by atomic mass is 35.7. The molecule has 0 aliphatic carbocycles. The number of benzene rings is 2. The van der Waals surface area contributed by atoms with E-state index in [0.29, 0.717) is 5.69 Å². The van der Waals surface area contributed by atoms with Crippen LogP contribution in [0, 0.1) is 0 Å². The molecule has 0 bridgehead atoms. The van der Waals surface area contributed by atoms with E-state index in [2.05, 4.69) is 10.2 Å². The Balaban J connectivity index is 2.14. The summed E-state index contributed by atoms with van der Waals surface area (Å²) in [6.45, 7) is 0. The molecule has 2 aromatic rings. The van der Waals surface area contributed by atoms with E-state index in [9.17, 15) is 8.42 Å². The Morgan fingerprint density at radius 2 is 1.29 bits per heavy atom. The van der Waals surface area contributed by atoms with Gasteiger partial charge in [-0.1, -0.05) is 0 Å². The largest absolute Gasteiger partial charge is 0.378 e. The summed E-state index contributed by atoms with van der Waals surface area (Å²) in [4.78, 5) is 2.03. The fraction of sp³-hybridized carbons (Fsp3) is 0.143. The van der Waals surface area contributed by atoms with Gasteiger partial charge in [-0.25, -0.2) is 8.42 Å². The van der Waals surface area contributed by atoms with Crippen LogP contribution in [0.4, 0.5) is 17.1 Å². The quantitative estimate of drug-likeness (QED) is 0.628. The maximum Gasteiger partial charge on any atom is 0.261 e. The van der Waals surface area contributed by atoms with Gasteiger partial charge in [-0.15, -0.1) is 0 Å². The minimum absolute atomic E-state index is 0.0402. The van der Waals surface area contributed by atoms with E-state index < -0.39 is 9.05 Å². The number of hydrogen-bond donors (Lipinski definition) is 0. The monoisotopic (exact) mass is 323 g/mol. The van der Waals surface area contributed by atoms with Crippen LogP contribution in [0.1, 0.15) is 0 Å². The predicted molar refractivity (Wildman–Crippen MR) is 84.4 cm³/mol. The van der Waals surface area contributed by atoms with E-state index >= 15 is 0 Å². The molecule has 2 rings (SSSR count). The van der Waals surface area contributed by atoms with Crippen molar-refractivity contribution in [2.75, 3.05) is 19.0 Å². The number of halogens is 1. The van der Waals surface area contributed by atoms with Gasteiger partial charge < -0.3 is 4.90 Å². The van der Waals surface area contributed by atoms with Gasteiger partial charge in [0.25, 0.3) is 9.05 Å². The second-order valence-electron chi connectivity index (χ2n) is 4.54. The number of anilines is 1. The van der Waals surface area contributed by atoms with E-state index in [1.807, 2.05) is 43.3 Å². The highest BCUT2D eigenvalue weighted by Gasteiger charge is 2.08. The first-order valence-electron chi connectivity index (χ1n) is 6.10. The molecular formula is C14H14ClN3O2S. The minimum Gasteiger partial charge on any atom is -0.378 e. The first-order valence-corrected chi connectivity index (χ1v) is 8.41. The molecule has 110 valence electrons. The zero-order chi connectivity index (χ0) is 15.5. The highest BCUT2D eigenvalue weighted by Crippen LogP contribution is 2.23. The van der Waals surface area contributed by atoms with Crippen LogP contribution in [0.3, 0.4) is 0 Å². The number of azo groups is 1. The van der Waals surface area contributed by atoms with Crippen LogP contribution < -0.4 is 4.90 Å². The summed E-state index contributed by atoms with van der Waals surface area (Å²) in [5, 5.41) is 8.14. The van der Waals surface area contributed by atoms with E-state index in [0.717, 1.165) is 11.4 Å². The topological polar surface area (TPSA) is 62.1 Å². The smallest absolute Gasteiger partial charge is 0.261 e. The van der Waals surface area contributed by atoms with Crippen molar-refractivity contribution in [3.63, 3.8) is 0 Å². The zero-order valence-corrected chi connectivity index (χ0v) is 13.1. The molecule has 0 aliphatic heterocycles. The average molecular weight is 324 g/mol. The second-order valence-corrected chi connectivity index (χ2v) is 7.11. The summed E-state index contributed by atoms with van der Waals surface area (Å²) in [6.07, 6.45) is 0. The van der Waals surface area contributed by atoms with E-state index in [1.165, 1.54) is 12.1 Å². The lowest BCUT2D eigenvalue weighted by Crippen LogP contribution is -2.07. The van der Waals surface area contributed by atoms with Crippen molar-refractivity contribution < 1.29 is 8.42 Å². The molecule has 7 heteroatoms. The standard InChI is InChI=1S/C14H14ClN3O2S/c1-18(2)13-7-3-11(4-8-13)16-17-12-5-9-14(10-6-12)21(15,19)20/h3-10H,1-2H3/b17-16+. The highest BCUT2D eigenvalue weighted by molar-refractivity contribution is 8.13. The second kappa shape index (κ2) is 6.24. The molecule has 0 unspecified atom stereocenters. The normalized spacial score (nSPS) is 11.8. The van der Waals surface area contributed by atoms with Gasteiger partial charge in [0.1, 0.15) is 0 Å². The van der Waals surface area contributed by atoms with Crippen molar-refractivity contribution in [2.24, 2.45) is 10.2 Å². The van der Waals surface area contributed by atoms with Crippen LogP contribution >= 0.6 is 10.7 Å². The number of hydrogen-bond acceptors (Lipinski definition) is 5. The van der Waals surface area contributed by atoms with Gasteiger partial charge in [0.05, 0.1) is 16.3 Å². The maximum absolute atomic E-state index is 11.1. The summed E-state index contributed by atoms with van der Waals surface area (Å²) in [6, 6.07) is 13.5. The SMILES string of the molecule is CN(C)c1ccc(/N=N/c2ccc(S(=O)(=O)Cl)cc2)cc1. The number of rotatable bonds is 4. The third-order valence-electron chi connectivity index (χ3n) is 2.77. The molecule has 0 radical (unpaired) electrons. The third-order valence-corrected chi connectivity index (χ3v) is 4.14. The van der Waals surface area contributed by atoms with Crippen molar-refractivity contribution >= 4 is 36.8 Å². The molecule has 0 N–H and O–H groups in total. The van der Waals surface area contributed by atoms with Crippen molar-refractivity contribution in [3.05, 3.63) is 48.5 Å². The molecule has 0 aromatic heterocycles. The Morgan fingerprint density at radius 1 is 0.857 bits per heavy atom. The third kappa shape index (κ3) is 4.27.